The lowest BCUT2D eigenvalue weighted by Crippen LogP contribution is -2.41. The summed E-state index contributed by atoms with van der Waals surface area (Å²) in [6.07, 6.45) is 0. The van der Waals surface area contributed by atoms with E-state index in [0.29, 0.717) is 14.7 Å². The SMILES string of the molecule is COCCOCCOC(=O)C(F)(F)S(=O)(=O)OS(c1ccccc1)(c1ccccc1)c1ccccc1. The van der Waals surface area contributed by atoms with Gasteiger partial charge in [-0.3, -0.25) is 0 Å². The molecule has 0 aromatic heterocycles. The van der Waals surface area contributed by atoms with Crippen LogP contribution in [0.1, 0.15) is 0 Å². The Labute approximate surface area is 210 Å². The minimum absolute atomic E-state index is 0.156. The van der Waals surface area contributed by atoms with Crippen LogP contribution in [0.3, 0.4) is 0 Å². The number of methoxy groups -OCH3 is 1. The molecule has 0 atom stereocenters. The maximum Gasteiger partial charge on any atom is 0.466 e. The highest BCUT2D eigenvalue weighted by Gasteiger charge is 2.58. The van der Waals surface area contributed by atoms with Gasteiger partial charge in [0, 0.05) is 21.8 Å². The molecule has 0 spiro atoms. The molecule has 194 valence electrons. The number of carbonyl (C=O) groups excluding carboxylic acids is 1. The second kappa shape index (κ2) is 12.4. The maximum atomic E-state index is 15.1. The van der Waals surface area contributed by atoms with Crippen molar-refractivity contribution in [3.8, 4) is 0 Å². The van der Waals surface area contributed by atoms with E-state index in [4.69, 9.17) is 13.1 Å². The Morgan fingerprint density at radius 1 is 0.722 bits per heavy atom. The van der Waals surface area contributed by atoms with Crippen LogP contribution in [0.15, 0.2) is 106 Å². The lowest BCUT2D eigenvalue weighted by Gasteiger charge is -2.39. The fourth-order valence-electron chi connectivity index (χ4n) is 3.16. The average Bonchev–Trinajstić information content (AvgIpc) is 2.90. The van der Waals surface area contributed by atoms with E-state index < -0.39 is 38.3 Å². The molecule has 0 bridgehead atoms. The summed E-state index contributed by atoms with van der Waals surface area (Å²) >= 11 is 0. The number of carbonyl (C=O) groups is 1. The van der Waals surface area contributed by atoms with Crippen molar-refractivity contribution in [2.75, 3.05) is 33.5 Å². The van der Waals surface area contributed by atoms with E-state index in [1.165, 1.54) is 7.11 Å². The topological polar surface area (TPSA) is 88.1 Å². The van der Waals surface area contributed by atoms with Crippen LogP contribution in [0.5, 0.6) is 0 Å². The van der Waals surface area contributed by atoms with Crippen molar-refractivity contribution in [1.82, 2.24) is 0 Å². The molecule has 0 N–H and O–H groups in total. The first-order chi connectivity index (χ1) is 17.3. The maximum absolute atomic E-state index is 15.1. The Morgan fingerprint density at radius 3 is 1.56 bits per heavy atom. The summed E-state index contributed by atoms with van der Waals surface area (Å²) in [5, 5.41) is -4.98. The van der Waals surface area contributed by atoms with Gasteiger partial charge in [-0.25, -0.2) is 8.42 Å². The van der Waals surface area contributed by atoms with Gasteiger partial charge < -0.3 is 14.2 Å². The Kier molecular flexibility index (Phi) is 9.57. The monoisotopic (exact) mass is 540 g/mol. The summed E-state index contributed by atoms with van der Waals surface area (Å²) in [5.74, 6) is -2.25. The number of benzene rings is 3. The van der Waals surface area contributed by atoms with Gasteiger partial charge in [0.15, 0.2) is 0 Å². The van der Waals surface area contributed by atoms with Crippen molar-refractivity contribution in [3.05, 3.63) is 91.0 Å². The first kappa shape index (κ1) is 27.8. The van der Waals surface area contributed by atoms with Crippen molar-refractivity contribution in [2.24, 2.45) is 0 Å². The number of alkyl halides is 2. The Bertz CT molecular complexity index is 1110. The van der Waals surface area contributed by atoms with E-state index in [0.717, 1.165) is 0 Å². The molecule has 0 fully saturated rings. The van der Waals surface area contributed by atoms with Gasteiger partial charge >= 0.3 is 21.3 Å². The Hall–Kier alpha value is -2.83. The van der Waals surface area contributed by atoms with Crippen LogP contribution < -0.4 is 0 Å². The molecule has 0 saturated heterocycles. The number of ether oxygens (including phenoxy) is 3. The highest BCUT2D eigenvalue weighted by Crippen LogP contribution is 2.70. The largest absolute Gasteiger partial charge is 0.466 e. The van der Waals surface area contributed by atoms with Gasteiger partial charge in [0.2, 0.25) is 0 Å². The fraction of sp³-hybridized carbons (Fsp3) is 0.240. The van der Waals surface area contributed by atoms with Crippen LogP contribution in [-0.4, -0.2) is 53.2 Å². The van der Waals surface area contributed by atoms with E-state index in [2.05, 4.69) is 4.74 Å². The number of esters is 1. The zero-order valence-electron chi connectivity index (χ0n) is 19.4. The standard InChI is InChI=1S/C25H26F2O7S2/c1-31-17-18-32-19-20-33-24(28)25(26,27)36(29,30)34-35(21-11-5-2-6-12-21,22-13-7-3-8-14-22)23-15-9-4-10-16-23/h2-16H,17-20H2,1H3. The highest BCUT2D eigenvalue weighted by molar-refractivity contribution is 8.33. The van der Waals surface area contributed by atoms with E-state index >= 15 is 8.78 Å². The average molecular weight is 541 g/mol. The van der Waals surface area contributed by atoms with Crippen LogP contribution in [0, 0.1) is 0 Å². The van der Waals surface area contributed by atoms with Crippen molar-refractivity contribution in [2.45, 2.75) is 19.9 Å². The predicted molar refractivity (Wildman–Crippen MR) is 130 cm³/mol. The molecule has 11 heteroatoms. The minimum Gasteiger partial charge on any atom is -0.458 e. The van der Waals surface area contributed by atoms with Gasteiger partial charge in [-0.1, -0.05) is 54.6 Å². The zero-order chi connectivity index (χ0) is 26.1. The van der Waals surface area contributed by atoms with Gasteiger partial charge in [0.05, 0.1) is 19.8 Å². The molecule has 0 saturated carbocycles. The number of halogens is 2. The number of hydrogen-bond donors (Lipinski definition) is 0. The molecule has 0 aliphatic heterocycles. The van der Waals surface area contributed by atoms with Gasteiger partial charge in [-0.2, -0.15) is 17.2 Å². The summed E-state index contributed by atoms with van der Waals surface area (Å²) in [5.41, 5.74) is 0. The lowest BCUT2D eigenvalue weighted by atomic mass is 10.4. The molecule has 0 aliphatic carbocycles. The van der Waals surface area contributed by atoms with E-state index in [1.807, 2.05) is 0 Å². The predicted octanol–water partition coefficient (Wildman–Crippen LogP) is 5.03. The second-order valence-corrected chi connectivity index (χ2v) is 11.8. The smallest absolute Gasteiger partial charge is 0.458 e. The number of rotatable bonds is 13. The molecule has 0 radical (unpaired) electrons. The van der Waals surface area contributed by atoms with Crippen molar-refractivity contribution < 1.29 is 39.8 Å². The van der Waals surface area contributed by atoms with Crippen molar-refractivity contribution in [3.63, 3.8) is 0 Å². The molecule has 3 aromatic carbocycles. The molecule has 36 heavy (non-hydrogen) atoms. The van der Waals surface area contributed by atoms with Gasteiger partial charge in [-0.05, 0) is 46.7 Å². The third-order valence-corrected chi connectivity index (χ3v) is 10.00. The molecule has 3 aromatic rings. The summed E-state index contributed by atoms with van der Waals surface area (Å²) in [6, 6.07) is 24.6. The van der Waals surface area contributed by atoms with Crippen molar-refractivity contribution >= 4 is 26.4 Å². The van der Waals surface area contributed by atoms with Crippen molar-refractivity contribution in [1.29, 1.82) is 0 Å². The Morgan fingerprint density at radius 2 is 1.14 bits per heavy atom. The molecule has 0 unspecified atom stereocenters. The third kappa shape index (κ3) is 6.11. The molecule has 7 nitrogen and oxygen atoms in total. The van der Waals surface area contributed by atoms with Gasteiger partial charge in [0.25, 0.3) is 0 Å². The first-order valence-corrected chi connectivity index (χ1v) is 13.8. The summed E-state index contributed by atoms with van der Waals surface area (Å²) in [6.45, 7) is -0.361. The Balaban J connectivity index is 2.01. The summed E-state index contributed by atoms with van der Waals surface area (Å²) < 4.78 is 76.2. The molecular weight excluding hydrogens is 514 g/mol. The molecule has 0 amide bonds. The molecule has 0 heterocycles. The summed E-state index contributed by atoms with van der Waals surface area (Å²) in [7, 11) is -7.65. The molecule has 0 aliphatic rings. The minimum atomic E-state index is -5.84. The first-order valence-electron chi connectivity index (χ1n) is 10.8. The van der Waals surface area contributed by atoms with Crippen LogP contribution in [-0.2, 0) is 32.8 Å². The van der Waals surface area contributed by atoms with E-state index in [1.54, 1.807) is 91.0 Å². The quantitative estimate of drug-likeness (QED) is 0.222. The number of hydrogen-bond acceptors (Lipinski definition) is 7. The van der Waals surface area contributed by atoms with E-state index in [-0.39, 0.29) is 19.8 Å². The van der Waals surface area contributed by atoms with E-state index in [9.17, 15) is 13.2 Å². The lowest BCUT2D eigenvalue weighted by molar-refractivity contribution is -0.162. The fourth-order valence-corrected chi connectivity index (χ4v) is 8.22. The highest BCUT2D eigenvalue weighted by atomic mass is 32.3. The normalized spacial score (nSPS) is 12.8. The van der Waals surface area contributed by atoms with Crippen LogP contribution in [0.4, 0.5) is 8.78 Å². The van der Waals surface area contributed by atoms with Crippen LogP contribution in [0.25, 0.3) is 0 Å². The van der Waals surface area contributed by atoms with Gasteiger partial charge in [0.1, 0.15) is 6.61 Å². The molecule has 3 rings (SSSR count). The third-order valence-electron chi connectivity index (χ3n) is 4.86. The van der Waals surface area contributed by atoms with Crippen LogP contribution in [0.2, 0.25) is 0 Å². The molecular formula is C25H26F2O7S2. The van der Waals surface area contributed by atoms with Gasteiger partial charge in [-0.15, -0.1) is 0 Å². The summed E-state index contributed by atoms with van der Waals surface area (Å²) in [4.78, 5) is 13.2. The van der Waals surface area contributed by atoms with Crippen LogP contribution >= 0.6 is 10.3 Å². The zero-order valence-corrected chi connectivity index (χ0v) is 21.1. The second-order valence-electron chi connectivity index (χ2n) is 7.28.